The molecule has 0 aromatic heterocycles. The summed E-state index contributed by atoms with van der Waals surface area (Å²) in [6.07, 6.45) is 5.98. The molecule has 0 unspecified atom stereocenters. The fraction of sp³-hybridized carbons (Fsp3) is 0.533. The molecule has 2 aromatic carbocycles. The zero-order valence-electron chi connectivity index (χ0n) is 24.1. The van der Waals surface area contributed by atoms with Crippen molar-refractivity contribution >= 4 is 51.5 Å². The zero-order valence-corrected chi connectivity index (χ0v) is 25.7. The second-order valence-electron chi connectivity index (χ2n) is 13.2. The molecule has 4 aliphatic carbocycles. The molecule has 3 fully saturated rings. The van der Waals surface area contributed by atoms with Gasteiger partial charge in [0.15, 0.2) is 0 Å². The number of hydrogen-bond acceptors (Lipinski definition) is 8. The zero-order chi connectivity index (χ0) is 30.4. The van der Waals surface area contributed by atoms with Crippen molar-refractivity contribution in [3.63, 3.8) is 0 Å². The van der Waals surface area contributed by atoms with Crippen LogP contribution in [0.25, 0.3) is 0 Å². The summed E-state index contributed by atoms with van der Waals surface area (Å²) in [5.74, 6) is 0.395. The van der Waals surface area contributed by atoms with Crippen molar-refractivity contribution < 1.29 is 28.7 Å². The Bertz CT molecular complexity index is 1560. The van der Waals surface area contributed by atoms with Gasteiger partial charge in [0.2, 0.25) is 0 Å². The van der Waals surface area contributed by atoms with Crippen molar-refractivity contribution in [3.8, 4) is 0 Å². The van der Waals surface area contributed by atoms with Gasteiger partial charge >= 0.3 is 7.12 Å². The number of nitro groups is 2. The van der Waals surface area contributed by atoms with Gasteiger partial charge in [-0.05, 0) is 81.1 Å². The molecular weight excluding hydrogens is 607 g/mol. The summed E-state index contributed by atoms with van der Waals surface area (Å²) in [6, 6.07) is 6.19. The highest BCUT2D eigenvalue weighted by Gasteiger charge is 2.56. The molecule has 5 aliphatic rings. The third-order valence-electron chi connectivity index (χ3n) is 10.6. The van der Waals surface area contributed by atoms with Crippen molar-refractivity contribution in [1.29, 1.82) is 0 Å². The van der Waals surface area contributed by atoms with Crippen LogP contribution in [0.15, 0.2) is 28.7 Å². The second kappa shape index (κ2) is 9.52. The summed E-state index contributed by atoms with van der Waals surface area (Å²) >= 11 is 3.34. The number of benzene rings is 2. The Hall–Kier alpha value is -2.96. The topological polar surface area (TPSA) is 139 Å². The Balaban J connectivity index is 0.000000162. The van der Waals surface area contributed by atoms with Gasteiger partial charge in [0.05, 0.1) is 31.9 Å². The molecule has 0 amide bonds. The molecule has 0 bridgehead atoms. The maximum atomic E-state index is 12.7. The van der Waals surface area contributed by atoms with E-state index in [9.17, 15) is 29.8 Å². The van der Waals surface area contributed by atoms with Crippen molar-refractivity contribution in [2.24, 2.45) is 0 Å². The smallest absolute Gasteiger partial charge is 0.399 e. The summed E-state index contributed by atoms with van der Waals surface area (Å²) in [6.45, 7) is 7.79. The lowest BCUT2D eigenvalue weighted by Crippen LogP contribution is -2.41. The minimum atomic E-state index is -0.693. The minimum Gasteiger partial charge on any atom is -0.399 e. The lowest BCUT2D eigenvalue weighted by Gasteiger charge is -2.37. The Morgan fingerprint density at radius 3 is 1.60 bits per heavy atom. The van der Waals surface area contributed by atoms with Gasteiger partial charge in [0, 0.05) is 41.6 Å². The van der Waals surface area contributed by atoms with E-state index in [4.69, 9.17) is 9.31 Å². The highest BCUT2D eigenvalue weighted by Crippen LogP contribution is 2.53. The Morgan fingerprint density at radius 2 is 1.17 bits per heavy atom. The number of non-ortho nitro benzene ring substituents is 2. The molecule has 1 saturated heterocycles. The maximum absolute atomic E-state index is 12.7. The summed E-state index contributed by atoms with van der Waals surface area (Å²) in [7, 11) is -0.693. The van der Waals surface area contributed by atoms with Gasteiger partial charge in [-0.15, -0.1) is 0 Å². The third kappa shape index (κ3) is 4.12. The second-order valence-corrected chi connectivity index (χ2v) is 14.0. The average molecular weight is 639 g/mol. The van der Waals surface area contributed by atoms with Gasteiger partial charge in [-0.1, -0.05) is 28.8 Å². The Kier molecular flexibility index (Phi) is 6.61. The van der Waals surface area contributed by atoms with Gasteiger partial charge in [-0.25, -0.2) is 0 Å². The first kappa shape index (κ1) is 29.1. The van der Waals surface area contributed by atoms with Crippen LogP contribution < -0.4 is 5.46 Å². The van der Waals surface area contributed by atoms with Crippen LogP contribution in [0.4, 0.5) is 11.4 Å². The van der Waals surface area contributed by atoms with Crippen LogP contribution in [0.2, 0.25) is 0 Å². The van der Waals surface area contributed by atoms with Crippen molar-refractivity contribution in [2.45, 2.75) is 101 Å². The number of hydrogen-bond donors (Lipinski definition) is 0. The van der Waals surface area contributed by atoms with E-state index < -0.39 is 39.0 Å². The summed E-state index contributed by atoms with van der Waals surface area (Å²) in [4.78, 5) is 46.3. The summed E-state index contributed by atoms with van der Waals surface area (Å²) in [5.41, 5.74) is 2.24. The number of fused-ring (bicyclic) bond motifs is 4. The predicted octanol–water partition coefficient (Wildman–Crippen LogP) is 5.35. The lowest BCUT2D eigenvalue weighted by atomic mass is 9.63. The molecule has 1 heterocycles. The molecule has 2 spiro atoms. The predicted molar refractivity (Wildman–Crippen MR) is 158 cm³/mol. The highest BCUT2D eigenvalue weighted by molar-refractivity contribution is 9.10. The first-order chi connectivity index (χ1) is 19.6. The number of nitro benzene ring substituents is 2. The number of carbonyl (C=O) groups is 2. The Labute approximate surface area is 252 Å². The van der Waals surface area contributed by atoms with Crippen LogP contribution in [-0.4, -0.2) is 39.7 Å². The first-order valence-corrected chi connectivity index (χ1v) is 15.1. The molecule has 42 heavy (non-hydrogen) atoms. The van der Waals surface area contributed by atoms with E-state index in [1.807, 2.05) is 27.7 Å². The quantitative estimate of drug-likeness (QED) is 0.249. The van der Waals surface area contributed by atoms with E-state index >= 15 is 0 Å². The molecule has 10 nitrogen and oxygen atoms in total. The molecule has 12 heteroatoms. The molecule has 0 N–H and O–H groups in total. The fourth-order valence-electron chi connectivity index (χ4n) is 7.04. The summed E-state index contributed by atoms with van der Waals surface area (Å²) < 4.78 is 12.9. The number of halogens is 1. The van der Waals surface area contributed by atoms with Crippen LogP contribution in [0.1, 0.15) is 88.5 Å². The van der Waals surface area contributed by atoms with Crippen LogP contribution in [0, 0.1) is 20.2 Å². The molecule has 7 rings (SSSR count). The third-order valence-corrected chi connectivity index (χ3v) is 11.3. The van der Waals surface area contributed by atoms with E-state index in [0.717, 1.165) is 60.8 Å². The normalized spacial score (nSPS) is 23.1. The maximum Gasteiger partial charge on any atom is 0.495 e. The van der Waals surface area contributed by atoms with Crippen LogP contribution in [0.3, 0.4) is 0 Å². The molecule has 220 valence electrons. The highest BCUT2D eigenvalue weighted by atomic mass is 79.9. The van der Waals surface area contributed by atoms with Crippen LogP contribution in [0.5, 0.6) is 0 Å². The van der Waals surface area contributed by atoms with Gasteiger partial charge in [-0.3, -0.25) is 29.8 Å². The standard InChI is InChI=1S/C18H22BNO5.C12H10BrNO3/c1-16(2)17(3,4)25-19(24-16)14-9-11(20(22)23)8-13-12(14)10-15(21)18(13)6-5-7-18;13-10-5-7(14(16)17)4-9-8(10)6-11(15)12(9)2-1-3-12/h8-9H,5-7,10H2,1-4H3;4-5H,1-3,6H2. The fourth-order valence-corrected chi connectivity index (χ4v) is 7.63. The molecule has 1 aliphatic heterocycles. The van der Waals surface area contributed by atoms with Crippen molar-refractivity contribution in [3.05, 3.63) is 71.2 Å². The van der Waals surface area contributed by atoms with Gasteiger partial charge in [-0.2, -0.15) is 0 Å². The van der Waals surface area contributed by atoms with E-state index in [1.54, 1.807) is 12.1 Å². The SMILES string of the molecule is CC1(C)OB(c2cc([N+](=O)[O-])cc3c2CC(=O)C32CCC2)OC1(C)C.O=C1Cc2c(Br)cc([N+](=O)[O-])cc2C12CCC2. The minimum absolute atomic E-state index is 0.00411. The molecule has 0 atom stereocenters. The van der Waals surface area contributed by atoms with E-state index in [-0.39, 0.29) is 22.9 Å². The van der Waals surface area contributed by atoms with Gasteiger partial charge in [0.1, 0.15) is 11.6 Å². The van der Waals surface area contributed by atoms with Crippen molar-refractivity contribution in [1.82, 2.24) is 0 Å². The average Bonchev–Trinajstić information content (AvgIpc) is 3.40. The number of nitrogens with zero attached hydrogens (tertiary/aromatic N) is 2. The van der Waals surface area contributed by atoms with E-state index in [1.165, 1.54) is 12.1 Å². The molecule has 0 radical (unpaired) electrons. The van der Waals surface area contributed by atoms with E-state index in [0.29, 0.717) is 22.8 Å². The molecule has 2 saturated carbocycles. The van der Waals surface area contributed by atoms with Crippen LogP contribution in [-0.2, 0) is 42.6 Å². The van der Waals surface area contributed by atoms with Crippen LogP contribution >= 0.6 is 15.9 Å². The summed E-state index contributed by atoms with van der Waals surface area (Å²) in [5, 5.41) is 22.3. The molecule has 2 aromatic rings. The number of carbonyl (C=O) groups excluding carboxylic acids is 2. The van der Waals surface area contributed by atoms with Crippen molar-refractivity contribution in [2.75, 3.05) is 0 Å². The number of ketones is 2. The molecular formula is C30H32BBrN2O8. The first-order valence-electron chi connectivity index (χ1n) is 14.3. The van der Waals surface area contributed by atoms with E-state index in [2.05, 4.69) is 15.9 Å². The number of rotatable bonds is 3. The Morgan fingerprint density at radius 1 is 0.738 bits per heavy atom. The number of Topliss-reactive ketones (excluding diaryl/α,β-unsaturated/α-hetero) is 2. The monoisotopic (exact) mass is 638 g/mol. The lowest BCUT2D eigenvalue weighted by molar-refractivity contribution is -0.385. The van der Waals surface area contributed by atoms with Gasteiger partial charge in [0.25, 0.3) is 11.4 Å². The largest absolute Gasteiger partial charge is 0.495 e. The van der Waals surface area contributed by atoms with Gasteiger partial charge < -0.3 is 9.31 Å².